The molecule has 3 atom stereocenters. The zero-order chi connectivity index (χ0) is 28.2. The Bertz CT molecular complexity index is 1400. The number of nitrogens with one attached hydrogen (secondary N) is 1. The standard InChI is InChI=1S/C31H33N2O6.Li.H2O/c1-6-25(30(36)39-31(2,3)4)33-29(35)24-15-22(14-20(24)18-34)38-28-17-26(19-10-8-7-9-11-19)32-27-16-21(37-5)12-13-23(27)28;;/h7-14,16-17,22,24-25H,6,15H2,1-5H3,(H,33,35);;1H2/q-1;+1;/p-1/t22?,24?,25-;;/m0../s1. The van der Waals surface area contributed by atoms with Gasteiger partial charge < -0.3 is 29.8 Å². The van der Waals surface area contributed by atoms with Crippen LogP contribution in [-0.2, 0) is 19.1 Å². The summed E-state index contributed by atoms with van der Waals surface area (Å²) in [5, 5.41) is 3.51. The van der Waals surface area contributed by atoms with Crippen molar-refractivity contribution >= 4 is 29.1 Å². The van der Waals surface area contributed by atoms with Crippen LogP contribution < -0.4 is 33.7 Å². The summed E-state index contributed by atoms with van der Waals surface area (Å²) in [7, 11) is 1.59. The smallest absolute Gasteiger partial charge is 0.870 e. The van der Waals surface area contributed by atoms with Crippen molar-refractivity contribution in [3.8, 4) is 22.8 Å². The summed E-state index contributed by atoms with van der Waals surface area (Å²) in [6.07, 6.45) is 3.52. The molecule has 4 rings (SSSR count). The minimum atomic E-state index is -0.822. The molecule has 1 aliphatic rings. The van der Waals surface area contributed by atoms with Gasteiger partial charge in [0.1, 0.15) is 23.1 Å². The first-order valence-electron chi connectivity index (χ1n) is 13.0. The average molecular weight is 554 g/mol. The van der Waals surface area contributed by atoms with E-state index >= 15 is 0 Å². The van der Waals surface area contributed by atoms with Crippen molar-refractivity contribution in [2.75, 3.05) is 7.11 Å². The Morgan fingerprint density at radius 3 is 2.44 bits per heavy atom. The minimum Gasteiger partial charge on any atom is -0.870 e. The third kappa shape index (κ3) is 8.20. The van der Waals surface area contributed by atoms with Gasteiger partial charge in [-0.15, -0.1) is 0 Å². The van der Waals surface area contributed by atoms with Gasteiger partial charge in [-0.1, -0.05) is 37.3 Å². The van der Waals surface area contributed by atoms with Crippen molar-refractivity contribution in [3.05, 3.63) is 66.2 Å². The number of benzene rings is 2. The Morgan fingerprint density at radius 1 is 1.12 bits per heavy atom. The van der Waals surface area contributed by atoms with Crippen LogP contribution in [0.1, 0.15) is 40.5 Å². The summed E-state index contributed by atoms with van der Waals surface area (Å²) in [5.41, 5.74) is 1.83. The van der Waals surface area contributed by atoms with Crippen LogP contribution in [0.15, 0.2) is 66.2 Å². The molecular formula is C31H34LiN2O7-. The molecule has 10 heteroatoms. The number of nitrogens with zero attached hydrogens (tertiary/aromatic N) is 1. The number of amides is 1. The molecule has 212 valence electrons. The number of fused-ring (bicyclic) bond motifs is 1. The summed E-state index contributed by atoms with van der Waals surface area (Å²) in [5.74, 6) is -0.531. The second-order valence-corrected chi connectivity index (χ2v) is 10.4. The number of pyridine rings is 1. The number of carbonyl (C=O) groups excluding carboxylic acids is 3. The van der Waals surface area contributed by atoms with Crippen LogP contribution in [0, 0.1) is 5.92 Å². The summed E-state index contributed by atoms with van der Waals surface area (Å²) >= 11 is 0. The number of rotatable bonds is 9. The van der Waals surface area contributed by atoms with Crippen LogP contribution in [0.25, 0.3) is 22.2 Å². The van der Waals surface area contributed by atoms with Gasteiger partial charge in [0.2, 0.25) is 5.91 Å². The van der Waals surface area contributed by atoms with Gasteiger partial charge in [-0.2, -0.15) is 11.6 Å². The fourth-order valence-corrected chi connectivity index (χ4v) is 4.47. The van der Waals surface area contributed by atoms with E-state index in [0.717, 1.165) is 10.9 Å². The summed E-state index contributed by atoms with van der Waals surface area (Å²) in [4.78, 5) is 42.3. The van der Waals surface area contributed by atoms with Gasteiger partial charge in [0.05, 0.1) is 24.4 Å². The third-order valence-corrected chi connectivity index (χ3v) is 6.39. The number of carbonyl (C=O) groups is 2. The van der Waals surface area contributed by atoms with E-state index < -0.39 is 35.5 Å². The molecule has 1 aromatic heterocycles. The van der Waals surface area contributed by atoms with E-state index in [-0.39, 0.29) is 36.3 Å². The van der Waals surface area contributed by atoms with E-state index in [4.69, 9.17) is 19.2 Å². The summed E-state index contributed by atoms with van der Waals surface area (Å²) < 4.78 is 17.2. The maximum atomic E-state index is 13.2. The van der Waals surface area contributed by atoms with Gasteiger partial charge in [0.25, 0.3) is 0 Å². The summed E-state index contributed by atoms with van der Waals surface area (Å²) in [6, 6.07) is 16.3. The zero-order valence-electron chi connectivity index (χ0n) is 24.3. The Kier molecular flexibility index (Phi) is 11.7. The number of hydrogen-bond donors (Lipinski definition) is 1. The molecule has 0 aliphatic heterocycles. The monoisotopic (exact) mass is 553 g/mol. The molecule has 1 amide bonds. The van der Waals surface area contributed by atoms with E-state index in [9.17, 15) is 14.4 Å². The average Bonchev–Trinajstić information content (AvgIpc) is 3.33. The van der Waals surface area contributed by atoms with Crippen molar-refractivity contribution in [3.63, 3.8) is 0 Å². The van der Waals surface area contributed by atoms with Crippen molar-refractivity contribution in [1.29, 1.82) is 0 Å². The van der Waals surface area contributed by atoms with E-state index in [2.05, 4.69) is 5.32 Å². The van der Waals surface area contributed by atoms with Crippen LogP contribution in [0.2, 0.25) is 0 Å². The molecule has 2 aromatic carbocycles. The molecule has 2 N–H and O–H groups in total. The second kappa shape index (κ2) is 14.3. The zero-order valence-corrected chi connectivity index (χ0v) is 24.3. The quantitative estimate of drug-likeness (QED) is 0.241. The van der Waals surface area contributed by atoms with Crippen molar-refractivity contribution in [2.45, 2.75) is 58.3 Å². The van der Waals surface area contributed by atoms with E-state index in [1.807, 2.05) is 60.9 Å². The Labute approximate surface area is 252 Å². The molecular weight excluding hydrogens is 519 g/mol. The minimum absolute atomic E-state index is 0. The maximum absolute atomic E-state index is 13.2. The van der Waals surface area contributed by atoms with Crippen molar-refractivity contribution in [1.82, 2.24) is 10.3 Å². The predicted molar refractivity (Wildman–Crippen MR) is 150 cm³/mol. The normalized spacial score (nSPS) is 16.9. The predicted octanol–water partition coefficient (Wildman–Crippen LogP) is 1.78. The van der Waals surface area contributed by atoms with Crippen LogP contribution in [-0.4, -0.2) is 53.5 Å². The van der Waals surface area contributed by atoms with Crippen LogP contribution >= 0.6 is 0 Å². The van der Waals surface area contributed by atoms with E-state index in [1.54, 1.807) is 40.9 Å². The number of aromatic nitrogens is 1. The molecule has 1 heterocycles. The van der Waals surface area contributed by atoms with E-state index in [1.165, 1.54) is 0 Å². The van der Waals surface area contributed by atoms with Gasteiger partial charge in [-0.25, -0.2) is 9.78 Å². The Hall–Kier alpha value is -3.64. The first-order chi connectivity index (χ1) is 18.6. The molecule has 0 saturated heterocycles. The van der Waals surface area contributed by atoms with Gasteiger partial charge in [0.15, 0.2) is 0 Å². The Morgan fingerprint density at radius 2 is 1.83 bits per heavy atom. The molecule has 3 aromatic rings. The van der Waals surface area contributed by atoms with Crippen molar-refractivity contribution in [2.24, 2.45) is 5.92 Å². The number of hydrogen-bond acceptors (Lipinski definition) is 8. The van der Waals surface area contributed by atoms with E-state index in [0.29, 0.717) is 29.1 Å². The molecule has 1 aliphatic carbocycles. The number of methoxy groups -OCH3 is 1. The number of esters is 1. The van der Waals surface area contributed by atoms with Crippen LogP contribution in [0.5, 0.6) is 11.5 Å². The third-order valence-electron chi connectivity index (χ3n) is 6.39. The molecule has 0 bridgehead atoms. The van der Waals surface area contributed by atoms with Gasteiger partial charge >= 0.3 is 24.8 Å². The molecule has 41 heavy (non-hydrogen) atoms. The van der Waals surface area contributed by atoms with Gasteiger partial charge in [-0.05, 0) is 52.0 Å². The van der Waals surface area contributed by atoms with Crippen molar-refractivity contribution < 1.29 is 52.9 Å². The molecule has 0 radical (unpaired) electrons. The fourth-order valence-electron chi connectivity index (χ4n) is 4.47. The van der Waals surface area contributed by atoms with Crippen LogP contribution in [0.3, 0.4) is 0 Å². The first-order valence-corrected chi connectivity index (χ1v) is 13.0. The Balaban J connectivity index is 0.00000294. The first kappa shape index (κ1) is 33.6. The maximum Gasteiger partial charge on any atom is 1.00 e. The molecule has 9 nitrogen and oxygen atoms in total. The molecule has 2 unspecified atom stereocenters. The fraction of sp³-hybridized carbons (Fsp3) is 0.355. The second-order valence-electron chi connectivity index (χ2n) is 10.4. The molecule has 0 spiro atoms. The molecule has 0 fully saturated rings. The van der Waals surface area contributed by atoms with Gasteiger partial charge in [0, 0.05) is 29.0 Å². The largest absolute Gasteiger partial charge is 1.00 e. The topological polar surface area (TPSA) is 134 Å². The number of ether oxygens (including phenoxy) is 3. The van der Waals surface area contributed by atoms with Gasteiger partial charge in [-0.3, -0.25) is 4.79 Å². The summed E-state index contributed by atoms with van der Waals surface area (Å²) in [6.45, 7) is 7.08. The SMILES string of the molecule is CC[C@H](NC(=O)C1CC(Oc2cc(-c3ccccc3)nc3cc(OC)ccc23)C=C1[C-]=O)C(=O)OC(C)(C)C.[Li+].[OH-]. The van der Waals surface area contributed by atoms with Crippen LogP contribution in [0.4, 0.5) is 0 Å². The molecule has 0 saturated carbocycles.